The summed E-state index contributed by atoms with van der Waals surface area (Å²) in [7, 11) is 0. The number of amides is 1. The van der Waals surface area contributed by atoms with Crippen molar-refractivity contribution in [2.75, 3.05) is 0 Å². The van der Waals surface area contributed by atoms with Crippen LogP contribution < -0.4 is 10.9 Å². The summed E-state index contributed by atoms with van der Waals surface area (Å²) in [6.07, 6.45) is -1.78. The number of hydrogen-bond acceptors (Lipinski definition) is 3. The van der Waals surface area contributed by atoms with Gasteiger partial charge in [0, 0.05) is 6.20 Å². The molecule has 0 fully saturated rings. The molecule has 9 heteroatoms. The van der Waals surface area contributed by atoms with Crippen molar-refractivity contribution in [3.05, 3.63) is 52.0 Å². The highest BCUT2D eigenvalue weighted by Gasteiger charge is 2.32. The summed E-state index contributed by atoms with van der Waals surface area (Å²) in [6, 6.07) is 1.48. The van der Waals surface area contributed by atoms with E-state index in [1.165, 1.54) is 12.5 Å². The Labute approximate surface area is 110 Å². The molecule has 0 aliphatic carbocycles. The number of pyridine rings is 1. The van der Waals surface area contributed by atoms with Gasteiger partial charge in [-0.15, -0.1) is 0 Å². The van der Waals surface area contributed by atoms with Crippen LogP contribution in [0.4, 0.5) is 13.2 Å². The second-order valence-corrected chi connectivity index (χ2v) is 3.87. The van der Waals surface area contributed by atoms with Crippen LogP contribution in [-0.4, -0.2) is 20.9 Å². The van der Waals surface area contributed by atoms with Crippen molar-refractivity contribution in [2.45, 2.75) is 12.7 Å². The van der Waals surface area contributed by atoms with Crippen LogP contribution >= 0.6 is 0 Å². The third-order valence-corrected chi connectivity index (χ3v) is 2.45. The number of H-pyrrole nitrogens is 2. The number of aromatic nitrogens is 3. The van der Waals surface area contributed by atoms with Crippen molar-refractivity contribution < 1.29 is 18.0 Å². The number of nitrogens with one attached hydrogen (secondary N) is 3. The number of imidazole rings is 1. The monoisotopic (exact) mass is 286 g/mol. The topological polar surface area (TPSA) is 90.6 Å². The summed E-state index contributed by atoms with van der Waals surface area (Å²) in [5, 5.41) is 2.39. The van der Waals surface area contributed by atoms with Gasteiger partial charge >= 0.3 is 6.18 Å². The van der Waals surface area contributed by atoms with Gasteiger partial charge in [-0.3, -0.25) is 9.59 Å². The third kappa shape index (κ3) is 3.05. The molecule has 0 saturated heterocycles. The SMILES string of the molecule is O=C(NCc1cnc[nH]1)c1ccc(C(F)(F)F)[nH]c1=O. The highest BCUT2D eigenvalue weighted by Crippen LogP contribution is 2.26. The van der Waals surface area contributed by atoms with Crippen LogP contribution in [0.25, 0.3) is 0 Å². The second-order valence-electron chi connectivity index (χ2n) is 3.87. The van der Waals surface area contributed by atoms with Crippen molar-refractivity contribution >= 4 is 5.91 Å². The average molecular weight is 286 g/mol. The Morgan fingerprint density at radius 2 is 2.10 bits per heavy atom. The molecule has 0 saturated carbocycles. The Morgan fingerprint density at radius 1 is 1.35 bits per heavy atom. The Kier molecular flexibility index (Phi) is 3.59. The average Bonchev–Trinajstić information content (AvgIpc) is 2.87. The molecule has 0 aliphatic rings. The Balaban J connectivity index is 2.13. The summed E-state index contributed by atoms with van der Waals surface area (Å²) in [6.45, 7) is 0.0826. The standard InChI is InChI=1S/C11H9F3N4O2/c12-11(13,14)8-2-1-7(10(20)18-8)9(19)16-4-6-3-15-5-17-6/h1-3,5H,4H2,(H,15,17)(H,16,19)(H,18,20). The van der Waals surface area contributed by atoms with E-state index in [0.29, 0.717) is 11.8 Å². The summed E-state index contributed by atoms with van der Waals surface area (Å²) in [5.74, 6) is -0.769. The van der Waals surface area contributed by atoms with Crippen LogP contribution in [0.5, 0.6) is 0 Å². The van der Waals surface area contributed by atoms with E-state index in [-0.39, 0.29) is 6.54 Å². The molecule has 1 amide bonds. The fourth-order valence-electron chi connectivity index (χ4n) is 1.47. The Hall–Kier alpha value is -2.58. The zero-order valence-corrected chi connectivity index (χ0v) is 9.91. The normalized spacial score (nSPS) is 11.3. The van der Waals surface area contributed by atoms with Crippen LogP contribution in [0.1, 0.15) is 21.7 Å². The first-order chi connectivity index (χ1) is 9.38. The molecular weight excluding hydrogens is 277 g/mol. The minimum Gasteiger partial charge on any atom is -0.347 e. The number of halogens is 3. The number of carbonyl (C=O) groups excluding carboxylic acids is 1. The molecule has 0 bridgehead atoms. The Bertz CT molecular complexity index is 661. The third-order valence-electron chi connectivity index (χ3n) is 2.45. The number of rotatable bonds is 3. The lowest BCUT2D eigenvalue weighted by atomic mass is 10.2. The molecule has 3 N–H and O–H groups in total. The summed E-state index contributed by atoms with van der Waals surface area (Å²) >= 11 is 0. The summed E-state index contributed by atoms with van der Waals surface area (Å²) in [4.78, 5) is 31.2. The zero-order valence-electron chi connectivity index (χ0n) is 9.91. The van der Waals surface area contributed by atoms with Gasteiger partial charge in [0.1, 0.15) is 11.3 Å². The number of aromatic amines is 2. The van der Waals surface area contributed by atoms with E-state index in [9.17, 15) is 22.8 Å². The smallest absolute Gasteiger partial charge is 0.347 e. The zero-order chi connectivity index (χ0) is 14.8. The fraction of sp³-hybridized carbons (Fsp3) is 0.182. The summed E-state index contributed by atoms with van der Waals surface area (Å²) in [5.41, 5.74) is -2.09. The number of nitrogens with zero attached hydrogens (tertiary/aromatic N) is 1. The van der Waals surface area contributed by atoms with E-state index in [1.54, 1.807) is 4.98 Å². The predicted molar refractivity (Wildman–Crippen MR) is 61.8 cm³/mol. The molecule has 0 aromatic carbocycles. The van der Waals surface area contributed by atoms with Gasteiger partial charge in [-0.25, -0.2) is 4.98 Å². The van der Waals surface area contributed by atoms with Crippen molar-refractivity contribution in [2.24, 2.45) is 0 Å². The van der Waals surface area contributed by atoms with Gasteiger partial charge in [-0.1, -0.05) is 0 Å². The first-order valence-electron chi connectivity index (χ1n) is 5.44. The van der Waals surface area contributed by atoms with Crippen LogP contribution in [0.2, 0.25) is 0 Å². The molecule has 2 aromatic rings. The first-order valence-corrected chi connectivity index (χ1v) is 5.44. The van der Waals surface area contributed by atoms with E-state index in [4.69, 9.17) is 0 Å². The lowest BCUT2D eigenvalue weighted by Crippen LogP contribution is -2.30. The minimum absolute atomic E-state index is 0.0826. The van der Waals surface area contributed by atoms with Gasteiger partial charge in [0.2, 0.25) is 0 Å². The molecule has 0 atom stereocenters. The van der Waals surface area contributed by atoms with E-state index in [0.717, 1.165) is 6.07 Å². The van der Waals surface area contributed by atoms with Gasteiger partial charge in [-0.05, 0) is 12.1 Å². The van der Waals surface area contributed by atoms with Gasteiger partial charge in [0.15, 0.2) is 0 Å². The maximum Gasteiger partial charge on any atom is 0.431 e. The Morgan fingerprint density at radius 3 is 2.65 bits per heavy atom. The molecule has 2 aromatic heterocycles. The molecule has 20 heavy (non-hydrogen) atoms. The molecule has 2 heterocycles. The first kappa shape index (κ1) is 13.8. The van der Waals surface area contributed by atoms with Gasteiger partial charge in [-0.2, -0.15) is 13.2 Å². The molecule has 0 aliphatic heterocycles. The number of alkyl halides is 3. The van der Waals surface area contributed by atoms with E-state index in [2.05, 4.69) is 15.3 Å². The van der Waals surface area contributed by atoms with Gasteiger partial charge in [0.05, 0.1) is 18.6 Å². The predicted octanol–water partition coefficient (Wildman–Crippen LogP) is 1.05. The maximum atomic E-state index is 12.4. The van der Waals surface area contributed by atoms with E-state index in [1.807, 2.05) is 0 Å². The molecule has 6 nitrogen and oxygen atoms in total. The molecule has 106 valence electrons. The van der Waals surface area contributed by atoms with Crippen molar-refractivity contribution in [1.82, 2.24) is 20.3 Å². The van der Waals surface area contributed by atoms with Crippen LogP contribution in [0.15, 0.2) is 29.5 Å². The second kappa shape index (κ2) is 5.19. The van der Waals surface area contributed by atoms with Crippen molar-refractivity contribution in [1.29, 1.82) is 0 Å². The lowest BCUT2D eigenvalue weighted by Gasteiger charge is -2.07. The molecular formula is C11H9F3N4O2. The molecule has 2 rings (SSSR count). The molecule has 0 unspecified atom stereocenters. The van der Waals surface area contributed by atoms with Crippen molar-refractivity contribution in [3.63, 3.8) is 0 Å². The number of hydrogen-bond donors (Lipinski definition) is 3. The highest BCUT2D eigenvalue weighted by atomic mass is 19.4. The molecule has 0 spiro atoms. The van der Waals surface area contributed by atoms with Crippen molar-refractivity contribution in [3.8, 4) is 0 Å². The maximum absolute atomic E-state index is 12.4. The van der Waals surface area contributed by atoms with E-state index < -0.39 is 28.9 Å². The summed E-state index contributed by atoms with van der Waals surface area (Å²) < 4.78 is 37.1. The fourth-order valence-corrected chi connectivity index (χ4v) is 1.47. The minimum atomic E-state index is -4.66. The van der Waals surface area contributed by atoms with Gasteiger partial charge < -0.3 is 15.3 Å². The highest BCUT2D eigenvalue weighted by molar-refractivity contribution is 5.93. The lowest BCUT2D eigenvalue weighted by molar-refractivity contribution is -0.141. The van der Waals surface area contributed by atoms with Crippen LogP contribution in [0, 0.1) is 0 Å². The quantitative estimate of drug-likeness (QED) is 0.787. The van der Waals surface area contributed by atoms with Crippen LogP contribution in [0.3, 0.4) is 0 Å². The molecule has 0 radical (unpaired) electrons. The van der Waals surface area contributed by atoms with Crippen LogP contribution in [-0.2, 0) is 12.7 Å². The van der Waals surface area contributed by atoms with Gasteiger partial charge in [0.25, 0.3) is 11.5 Å². The largest absolute Gasteiger partial charge is 0.431 e. The van der Waals surface area contributed by atoms with E-state index >= 15 is 0 Å². The number of carbonyl (C=O) groups is 1.